The van der Waals surface area contributed by atoms with E-state index in [4.69, 9.17) is 0 Å². The van der Waals surface area contributed by atoms with Crippen LogP contribution >= 0.6 is 0 Å². The van der Waals surface area contributed by atoms with Crippen molar-refractivity contribution in [3.8, 4) is 0 Å². The van der Waals surface area contributed by atoms with Crippen molar-refractivity contribution in [1.29, 1.82) is 0 Å². The molecule has 2 nitrogen and oxygen atoms in total. The fourth-order valence-corrected chi connectivity index (χ4v) is 0.729. The molecule has 0 aromatic carbocycles. The van der Waals surface area contributed by atoms with E-state index in [9.17, 15) is 0 Å². The average Bonchev–Trinajstić information content (AvgIpc) is 1.89. The lowest BCUT2D eigenvalue weighted by Crippen LogP contribution is -2.16. The summed E-state index contributed by atoms with van der Waals surface area (Å²) in [5.41, 5.74) is 0. The summed E-state index contributed by atoms with van der Waals surface area (Å²) in [6.07, 6.45) is 2.57. The van der Waals surface area contributed by atoms with Gasteiger partial charge in [-0.05, 0) is 39.5 Å². The van der Waals surface area contributed by atoms with Gasteiger partial charge in [0.25, 0.3) is 0 Å². The molecule has 0 bridgehead atoms. The molecular weight excluding hydrogens is 112 g/mol. The summed E-state index contributed by atoms with van der Waals surface area (Å²) in [5.74, 6) is 0. The molecule has 0 aliphatic heterocycles. The largest absolute Gasteiger partial charge is 0.320 e. The predicted molar refractivity (Wildman–Crippen MR) is 41.7 cm³/mol. The molecule has 0 spiro atoms. The second-order valence-electron chi connectivity index (χ2n) is 2.16. The lowest BCUT2D eigenvalue weighted by Gasteiger charge is -1.99. The zero-order valence-electron chi connectivity index (χ0n) is 6.54. The van der Waals surface area contributed by atoms with Crippen molar-refractivity contribution in [1.82, 2.24) is 10.6 Å². The van der Waals surface area contributed by atoms with Crippen LogP contribution in [-0.4, -0.2) is 26.7 Å². The number of rotatable bonds is 6. The van der Waals surface area contributed by atoms with Crippen LogP contribution in [-0.2, 0) is 0 Å². The third kappa shape index (κ3) is 7.92. The van der Waals surface area contributed by atoms with Crippen molar-refractivity contribution in [3.63, 3.8) is 0 Å². The minimum atomic E-state index is 1.10. The monoisotopic (exact) mass is 130 g/mol. The molecule has 0 heterocycles. The van der Waals surface area contributed by atoms with E-state index >= 15 is 0 Å². The molecule has 2 heteroatoms. The third-order valence-corrected chi connectivity index (χ3v) is 1.28. The highest BCUT2D eigenvalue weighted by molar-refractivity contribution is 4.46. The molecule has 0 unspecified atom stereocenters. The van der Waals surface area contributed by atoms with E-state index in [1.54, 1.807) is 0 Å². The van der Waals surface area contributed by atoms with Crippen molar-refractivity contribution < 1.29 is 0 Å². The van der Waals surface area contributed by atoms with Crippen LogP contribution in [0.1, 0.15) is 19.8 Å². The zero-order chi connectivity index (χ0) is 6.95. The molecule has 0 saturated carbocycles. The van der Waals surface area contributed by atoms with E-state index < -0.39 is 0 Å². The number of unbranched alkanes of at least 4 members (excludes halogenated alkanes) is 1. The third-order valence-electron chi connectivity index (χ3n) is 1.28. The topological polar surface area (TPSA) is 24.1 Å². The van der Waals surface area contributed by atoms with Gasteiger partial charge in [-0.15, -0.1) is 0 Å². The molecule has 2 N–H and O–H groups in total. The Hall–Kier alpha value is -0.0800. The molecule has 0 fully saturated rings. The van der Waals surface area contributed by atoms with E-state index in [1.165, 1.54) is 12.8 Å². The van der Waals surface area contributed by atoms with Crippen molar-refractivity contribution >= 4 is 0 Å². The molecule has 0 atom stereocenters. The molecule has 0 rings (SSSR count). The standard InChI is InChI=1S/C7H18N2/c1-3-9-7-5-4-6-8-2/h8-9H,3-7H2,1-2H3. The Bertz CT molecular complexity index is 40.2. The fraction of sp³-hybridized carbons (Fsp3) is 1.00. The summed E-state index contributed by atoms with van der Waals surface area (Å²) in [7, 11) is 1.99. The predicted octanol–water partition coefficient (Wildman–Crippen LogP) is 0.595. The van der Waals surface area contributed by atoms with Crippen LogP contribution in [0.5, 0.6) is 0 Å². The first-order valence-electron chi connectivity index (χ1n) is 3.77. The highest BCUT2D eigenvalue weighted by atomic mass is 14.8. The van der Waals surface area contributed by atoms with Gasteiger partial charge >= 0.3 is 0 Å². The zero-order valence-corrected chi connectivity index (χ0v) is 6.54. The Morgan fingerprint density at radius 1 is 1.11 bits per heavy atom. The summed E-state index contributed by atoms with van der Waals surface area (Å²) >= 11 is 0. The lowest BCUT2D eigenvalue weighted by atomic mass is 10.3. The summed E-state index contributed by atoms with van der Waals surface area (Å²) in [4.78, 5) is 0. The molecule has 0 aromatic heterocycles. The van der Waals surface area contributed by atoms with E-state index in [2.05, 4.69) is 17.6 Å². The SMILES string of the molecule is CCNCCCCNC. The number of nitrogens with one attached hydrogen (secondary N) is 2. The van der Waals surface area contributed by atoms with E-state index in [1.807, 2.05) is 7.05 Å². The highest BCUT2D eigenvalue weighted by Crippen LogP contribution is 1.82. The molecule has 0 radical (unpaired) electrons. The van der Waals surface area contributed by atoms with Gasteiger partial charge in [0.1, 0.15) is 0 Å². The van der Waals surface area contributed by atoms with Gasteiger partial charge in [0.15, 0.2) is 0 Å². The quantitative estimate of drug-likeness (QED) is 0.514. The van der Waals surface area contributed by atoms with Crippen molar-refractivity contribution in [2.45, 2.75) is 19.8 Å². The van der Waals surface area contributed by atoms with Gasteiger partial charge in [-0.2, -0.15) is 0 Å². The maximum absolute atomic E-state index is 3.28. The maximum atomic E-state index is 3.28. The second-order valence-corrected chi connectivity index (χ2v) is 2.16. The van der Waals surface area contributed by atoms with Gasteiger partial charge in [-0.1, -0.05) is 6.92 Å². The second kappa shape index (κ2) is 7.92. The fourth-order valence-electron chi connectivity index (χ4n) is 0.729. The van der Waals surface area contributed by atoms with Gasteiger partial charge in [-0.25, -0.2) is 0 Å². The van der Waals surface area contributed by atoms with Crippen LogP contribution in [0.15, 0.2) is 0 Å². The smallest absolute Gasteiger partial charge is 0.00486 e. The molecular formula is C7H18N2. The molecule has 0 saturated heterocycles. The molecule has 56 valence electrons. The summed E-state index contributed by atoms with van der Waals surface area (Å²) < 4.78 is 0. The van der Waals surface area contributed by atoms with Crippen LogP contribution in [0, 0.1) is 0 Å². The molecule has 0 amide bonds. The highest BCUT2D eigenvalue weighted by Gasteiger charge is 1.83. The molecule has 0 aliphatic carbocycles. The van der Waals surface area contributed by atoms with Gasteiger partial charge in [-0.3, -0.25) is 0 Å². The summed E-state index contributed by atoms with van der Waals surface area (Å²) in [6, 6.07) is 0. The first kappa shape index (κ1) is 8.92. The Morgan fingerprint density at radius 3 is 2.33 bits per heavy atom. The van der Waals surface area contributed by atoms with Crippen molar-refractivity contribution in [2.75, 3.05) is 26.7 Å². The average molecular weight is 130 g/mol. The van der Waals surface area contributed by atoms with Crippen LogP contribution in [0.3, 0.4) is 0 Å². The van der Waals surface area contributed by atoms with Crippen LogP contribution < -0.4 is 10.6 Å². The Balaban J connectivity index is 2.60. The normalized spacial score (nSPS) is 10.0. The Kier molecular flexibility index (Phi) is 7.85. The maximum Gasteiger partial charge on any atom is -0.00486 e. The van der Waals surface area contributed by atoms with E-state index in [0.29, 0.717) is 0 Å². The van der Waals surface area contributed by atoms with E-state index in [0.717, 1.165) is 19.6 Å². The van der Waals surface area contributed by atoms with Gasteiger partial charge in [0.05, 0.1) is 0 Å². The van der Waals surface area contributed by atoms with Crippen molar-refractivity contribution in [3.05, 3.63) is 0 Å². The number of hydrogen-bond donors (Lipinski definition) is 2. The van der Waals surface area contributed by atoms with Gasteiger partial charge in [0.2, 0.25) is 0 Å². The van der Waals surface area contributed by atoms with Crippen molar-refractivity contribution in [2.24, 2.45) is 0 Å². The van der Waals surface area contributed by atoms with Crippen LogP contribution in [0.2, 0.25) is 0 Å². The first-order chi connectivity index (χ1) is 4.41. The lowest BCUT2D eigenvalue weighted by molar-refractivity contribution is 0.619. The minimum Gasteiger partial charge on any atom is -0.320 e. The van der Waals surface area contributed by atoms with Crippen LogP contribution in [0.4, 0.5) is 0 Å². The summed E-state index contributed by atoms with van der Waals surface area (Å²) in [5, 5.41) is 6.40. The molecule has 0 aliphatic rings. The minimum absolute atomic E-state index is 1.10. The molecule has 9 heavy (non-hydrogen) atoms. The number of hydrogen-bond acceptors (Lipinski definition) is 2. The summed E-state index contributed by atoms with van der Waals surface area (Å²) in [6.45, 7) is 5.54. The Labute approximate surface area is 58.0 Å². The van der Waals surface area contributed by atoms with Gasteiger partial charge in [0, 0.05) is 0 Å². The molecule has 0 aromatic rings. The van der Waals surface area contributed by atoms with Crippen LogP contribution in [0.25, 0.3) is 0 Å². The van der Waals surface area contributed by atoms with E-state index in [-0.39, 0.29) is 0 Å². The Morgan fingerprint density at radius 2 is 1.78 bits per heavy atom. The first-order valence-corrected chi connectivity index (χ1v) is 3.77. The van der Waals surface area contributed by atoms with Gasteiger partial charge < -0.3 is 10.6 Å².